The van der Waals surface area contributed by atoms with Crippen molar-refractivity contribution >= 4 is 21.6 Å². The second-order valence-corrected chi connectivity index (χ2v) is 7.65. The van der Waals surface area contributed by atoms with E-state index in [-0.39, 0.29) is 11.0 Å². The van der Waals surface area contributed by atoms with Gasteiger partial charge in [-0.15, -0.1) is 11.3 Å². The maximum absolute atomic E-state index is 12.3. The van der Waals surface area contributed by atoms with Gasteiger partial charge in [-0.1, -0.05) is 6.92 Å². The third kappa shape index (κ3) is 2.63. The van der Waals surface area contributed by atoms with E-state index >= 15 is 0 Å². The first-order chi connectivity index (χ1) is 9.92. The summed E-state index contributed by atoms with van der Waals surface area (Å²) in [7, 11) is 0. The van der Waals surface area contributed by atoms with Gasteiger partial charge < -0.3 is 10.7 Å². The molecule has 1 fully saturated rings. The fourth-order valence-corrected chi connectivity index (χ4v) is 4.06. The number of nitrogens with zero attached hydrogens (tertiary/aromatic N) is 2. The Hall–Kier alpha value is -1.24. The number of nitrogens with two attached hydrogens (primary N) is 1. The van der Waals surface area contributed by atoms with Gasteiger partial charge in [0, 0.05) is 11.4 Å². The average Bonchev–Trinajstić information content (AvgIpc) is 2.92. The molecule has 1 aliphatic rings. The molecule has 2 aromatic rings. The summed E-state index contributed by atoms with van der Waals surface area (Å²) >= 11 is 1.60. The van der Waals surface area contributed by atoms with Crippen molar-refractivity contribution in [3.05, 3.63) is 26.6 Å². The lowest BCUT2D eigenvalue weighted by atomic mass is 9.90. The Morgan fingerprint density at radius 2 is 2.24 bits per heavy atom. The van der Waals surface area contributed by atoms with Gasteiger partial charge in [-0.25, -0.2) is 4.98 Å². The summed E-state index contributed by atoms with van der Waals surface area (Å²) in [6, 6.07) is 0. The van der Waals surface area contributed by atoms with Gasteiger partial charge in [0.25, 0.3) is 5.56 Å². The molecule has 1 atom stereocenters. The van der Waals surface area contributed by atoms with Crippen LogP contribution in [0, 0.1) is 19.3 Å². The molecular formula is C15H22N4OS. The van der Waals surface area contributed by atoms with Crippen LogP contribution in [0.25, 0.3) is 10.2 Å². The number of fused-ring (bicyclic) bond motifs is 1. The zero-order valence-electron chi connectivity index (χ0n) is 12.8. The largest absolute Gasteiger partial charge is 0.330 e. The summed E-state index contributed by atoms with van der Waals surface area (Å²) in [5.41, 5.74) is 7.07. The highest BCUT2D eigenvalue weighted by molar-refractivity contribution is 7.18. The SMILES string of the molecule is Cc1sc2nc(CN3CCC(C)(CN)C3)[nH]c(=O)c2c1C. The maximum Gasteiger partial charge on any atom is 0.259 e. The van der Waals surface area contributed by atoms with Crippen molar-refractivity contribution in [1.82, 2.24) is 14.9 Å². The predicted octanol–water partition coefficient (Wildman–Crippen LogP) is 1.77. The van der Waals surface area contributed by atoms with E-state index in [1.165, 1.54) is 0 Å². The second-order valence-electron chi connectivity index (χ2n) is 6.45. The molecule has 21 heavy (non-hydrogen) atoms. The Balaban J connectivity index is 1.87. The first-order valence-electron chi connectivity index (χ1n) is 7.33. The van der Waals surface area contributed by atoms with Crippen LogP contribution >= 0.6 is 11.3 Å². The van der Waals surface area contributed by atoms with E-state index in [0.29, 0.717) is 13.1 Å². The van der Waals surface area contributed by atoms with E-state index in [4.69, 9.17) is 5.73 Å². The number of thiophene rings is 1. The summed E-state index contributed by atoms with van der Waals surface area (Å²) in [5.74, 6) is 0.759. The van der Waals surface area contributed by atoms with Gasteiger partial charge in [-0.05, 0) is 44.3 Å². The van der Waals surface area contributed by atoms with Gasteiger partial charge in [0.15, 0.2) is 0 Å². The van der Waals surface area contributed by atoms with Gasteiger partial charge in [0.1, 0.15) is 10.7 Å². The third-order valence-electron chi connectivity index (χ3n) is 4.59. The smallest absolute Gasteiger partial charge is 0.259 e. The quantitative estimate of drug-likeness (QED) is 0.906. The van der Waals surface area contributed by atoms with Crippen LogP contribution in [0.5, 0.6) is 0 Å². The predicted molar refractivity (Wildman–Crippen MR) is 86.8 cm³/mol. The number of hydrogen-bond donors (Lipinski definition) is 2. The highest BCUT2D eigenvalue weighted by Gasteiger charge is 2.32. The summed E-state index contributed by atoms with van der Waals surface area (Å²) in [6.07, 6.45) is 1.10. The van der Waals surface area contributed by atoms with Gasteiger partial charge in [-0.3, -0.25) is 9.69 Å². The average molecular weight is 306 g/mol. The van der Waals surface area contributed by atoms with E-state index in [9.17, 15) is 4.79 Å². The van der Waals surface area contributed by atoms with Gasteiger partial charge in [-0.2, -0.15) is 0 Å². The van der Waals surface area contributed by atoms with E-state index < -0.39 is 0 Å². The van der Waals surface area contributed by atoms with Crippen LogP contribution in [-0.2, 0) is 6.54 Å². The van der Waals surface area contributed by atoms with Crippen LogP contribution in [-0.4, -0.2) is 34.5 Å². The number of likely N-dealkylation sites (tertiary alicyclic amines) is 1. The molecule has 6 heteroatoms. The fourth-order valence-electron chi connectivity index (χ4n) is 3.01. The Morgan fingerprint density at radius 3 is 2.90 bits per heavy atom. The van der Waals surface area contributed by atoms with E-state index in [2.05, 4.69) is 21.8 Å². The molecule has 0 amide bonds. The van der Waals surface area contributed by atoms with Crippen LogP contribution in [0.15, 0.2) is 4.79 Å². The number of aryl methyl sites for hydroxylation is 2. The molecule has 1 unspecified atom stereocenters. The molecule has 114 valence electrons. The monoisotopic (exact) mass is 306 g/mol. The minimum atomic E-state index is -0.0161. The number of aromatic nitrogens is 2. The Kier molecular flexibility index (Phi) is 3.63. The molecule has 2 aromatic heterocycles. The zero-order chi connectivity index (χ0) is 15.2. The molecule has 3 heterocycles. The standard InChI is InChI=1S/C15H22N4OS/c1-9-10(2)21-14-12(9)13(20)17-11(18-14)6-19-5-4-15(3,7-16)8-19/h4-8,16H2,1-3H3,(H,17,18,20). The number of rotatable bonds is 3. The van der Waals surface area contributed by atoms with Gasteiger partial charge in [0.05, 0.1) is 11.9 Å². The van der Waals surface area contributed by atoms with Crippen LogP contribution in [0.4, 0.5) is 0 Å². The topological polar surface area (TPSA) is 75.0 Å². The summed E-state index contributed by atoms with van der Waals surface area (Å²) in [4.78, 5) is 24.2. The fraction of sp³-hybridized carbons (Fsp3) is 0.600. The molecule has 0 saturated carbocycles. The van der Waals surface area contributed by atoms with Crippen molar-refractivity contribution in [2.24, 2.45) is 11.1 Å². The molecule has 1 saturated heterocycles. The first-order valence-corrected chi connectivity index (χ1v) is 8.15. The molecule has 0 radical (unpaired) electrons. The lowest BCUT2D eigenvalue weighted by Gasteiger charge is -2.22. The van der Waals surface area contributed by atoms with Crippen LogP contribution in [0.3, 0.4) is 0 Å². The van der Waals surface area contributed by atoms with Crippen LogP contribution in [0.2, 0.25) is 0 Å². The van der Waals surface area contributed by atoms with E-state index in [1.807, 2.05) is 13.8 Å². The minimum absolute atomic E-state index is 0.0161. The molecule has 3 N–H and O–H groups in total. The first kappa shape index (κ1) is 14.7. The zero-order valence-corrected chi connectivity index (χ0v) is 13.6. The molecular weight excluding hydrogens is 284 g/mol. The van der Waals surface area contributed by atoms with E-state index in [0.717, 1.165) is 46.0 Å². The Morgan fingerprint density at radius 1 is 1.48 bits per heavy atom. The van der Waals surface area contributed by atoms with Crippen LogP contribution < -0.4 is 11.3 Å². The lowest BCUT2D eigenvalue weighted by molar-refractivity contribution is 0.269. The molecule has 0 bridgehead atoms. The Labute approximate surface area is 128 Å². The number of hydrogen-bond acceptors (Lipinski definition) is 5. The van der Waals surface area contributed by atoms with Gasteiger partial charge >= 0.3 is 0 Å². The molecule has 1 aliphatic heterocycles. The van der Waals surface area contributed by atoms with Crippen molar-refractivity contribution in [1.29, 1.82) is 0 Å². The summed E-state index contributed by atoms with van der Waals surface area (Å²) in [5, 5.41) is 0.745. The van der Waals surface area contributed by atoms with Crippen molar-refractivity contribution in [3.63, 3.8) is 0 Å². The highest BCUT2D eigenvalue weighted by Crippen LogP contribution is 2.30. The minimum Gasteiger partial charge on any atom is -0.330 e. The molecule has 0 aromatic carbocycles. The van der Waals surface area contributed by atoms with E-state index in [1.54, 1.807) is 11.3 Å². The Bertz CT molecular complexity index is 735. The number of nitrogens with one attached hydrogen (secondary N) is 1. The van der Waals surface area contributed by atoms with Crippen molar-refractivity contribution in [2.45, 2.75) is 33.7 Å². The summed E-state index contributed by atoms with van der Waals surface area (Å²) < 4.78 is 0. The van der Waals surface area contributed by atoms with Crippen LogP contribution in [0.1, 0.15) is 29.6 Å². The van der Waals surface area contributed by atoms with Crippen molar-refractivity contribution in [3.8, 4) is 0 Å². The normalized spacial score (nSPS) is 23.2. The lowest BCUT2D eigenvalue weighted by Crippen LogP contribution is -2.31. The molecule has 0 spiro atoms. The van der Waals surface area contributed by atoms with Crippen molar-refractivity contribution < 1.29 is 0 Å². The highest BCUT2D eigenvalue weighted by atomic mass is 32.1. The summed E-state index contributed by atoms with van der Waals surface area (Å²) in [6.45, 7) is 9.61. The molecule has 5 nitrogen and oxygen atoms in total. The number of aromatic amines is 1. The molecule has 0 aliphatic carbocycles. The van der Waals surface area contributed by atoms with Gasteiger partial charge in [0.2, 0.25) is 0 Å². The van der Waals surface area contributed by atoms with Crippen molar-refractivity contribution in [2.75, 3.05) is 19.6 Å². The third-order valence-corrected chi connectivity index (χ3v) is 5.69. The number of H-pyrrole nitrogens is 1. The second kappa shape index (κ2) is 5.19. The molecule has 3 rings (SSSR count). The maximum atomic E-state index is 12.3.